The zero-order chi connectivity index (χ0) is 11.8. The Hall–Kier alpha value is -2.01. The van der Waals surface area contributed by atoms with Crippen molar-refractivity contribution in [1.82, 2.24) is 20.3 Å². The zero-order valence-corrected chi connectivity index (χ0v) is 9.40. The number of hydrogen-bond donors (Lipinski definition) is 1. The average molecular weight is 247 g/mol. The van der Waals surface area contributed by atoms with Gasteiger partial charge in [-0.1, -0.05) is 11.6 Å². The molecule has 0 unspecified atom stereocenters. The van der Waals surface area contributed by atoms with E-state index in [1.807, 2.05) is 0 Å². The average Bonchev–Trinajstić information content (AvgIpc) is 2.72. The molecule has 0 atom stereocenters. The molecule has 3 rings (SSSR count). The maximum atomic E-state index is 11.3. The second kappa shape index (κ2) is 3.78. The van der Waals surface area contributed by atoms with Crippen LogP contribution in [0.15, 0.2) is 24.5 Å². The van der Waals surface area contributed by atoms with Crippen LogP contribution in [-0.2, 0) is 6.54 Å². The van der Waals surface area contributed by atoms with E-state index in [2.05, 4.69) is 20.3 Å². The Morgan fingerprint density at radius 2 is 2.06 bits per heavy atom. The fourth-order valence-electron chi connectivity index (χ4n) is 1.64. The normalized spacial score (nSPS) is 13.4. The minimum absolute atomic E-state index is 0.178. The van der Waals surface area contributed by atoms with E-state index in [0.717, 1.165) is 0 Å². The van der Waals surface area contributed by atoms with Crippen molar-refractivity contribution in [3.8, 4) is 11.4 Å². The Kier molecular flexibility index (Phi) is 2.26. The zero-order valence-electron chi connectivity index (χ0n) is 8.64. The number of nitrogens with one attached hydrogen (secondary N) is 1. The number of carbonyl (C=O) groups is 1. The predicted molar refractivity (Wildman–Crippen MR) is 61.4 cm³/mol. The van der Waals surface area contributed by atoms with Crippen molar-refractivity contribution in [2.75, 3.05) is 0 Å². The molecule has 0 aromatic carbocycles. The number of amides is 1. The first-order valence-corrected chi connectivity index (χ1v) is 5.38. The van der Waals surface area contributed by atoms with Gasteiger partial charge in [0.05, 0.1) is 29.2 Å². The lowest BCUT2D eigenvalue weighted by Gasteiger charge is -2.01. The SMILES string of the molecule is O=C1NCc2nc(-c3ccc(Cl)cn3)cnc21. The molecule has 1 N–H and O–H groups in total. The number of pyridine rings is 1. The maximum Gasteiger partial charge on any atom is 0.272 e. The van der Waals surface area contributed by atoms with Gasteiger partial charge in [-0.05, 0) is 12.1 Å². The first kappa shape index (κ1) is 10.2. The van der Waals surface area contributed by atoms with Gasteiger partial charge in [0, 0.05) is 6.20 Å². The van der Waals surface area contributed by atoms with Crippen LogP contribution in [0.25, 0.3) is 11.4 Å². The van der Waals surface area contributed by atoms with Crippen LogP contribution in [-0.4, -0.2) is 20.9 Å². The smallest absolute Gasteiger partial charge is 0.272 e. The van der Waals surface area contributed by atoms with Crippen LogP contribution in [0.2, 0.25) is 5.02 Å². The van der Waals surface area contributed by atoms with E-state index in [0.29, 0.717) is 34.3 Å². The number of rotatable bonds is 1. The molecule has 0 spiro atoms. The van der Waals surface area contributed by atoms with Gasteiger partial charge in [-0.2, -0.15) is 0 Å². The molecule has 0 saturated heterocycles. The second-order valence-corrected chi connectivity index (χ2v) is 4.03. The van der Waals surface area contributed by atoms with Gasteiger partial charge in [0.15, 0.2) is 5.69 Å². The Morgan fingerprint density at radius 1 is 1.18 bits per heavy atom. The van der Waals surface area contributed by atoms with Crippen molar-refractivity contribution in [3.63, 3.8) is 0 Å². The number of fused-ring (bicyclic) bond motifs is 1. The quantitative estimate of drug-likeness (QED) is 0.827. The monoisotopic (exact) mass is 246 g/mol. The molecular formula is C11H7ClN4O. The molecule has 1 aliphatic rings. The number of carbonyl (C=O) groups excluding carboxylic acids is 1. The molecule has 5 nitrogen and oxygen atoms in total. The molecule has 84 valence electrons. The molecule has 0 radical (unpaired) electrons. The lowest BCUT2D eigenvalue weighted by Crippen LogP contribution is -2.13. The van der Waals surface area contributed by atoms with Gasteiger partial charge in [0.25, 0.3) is 5.91 Å². The summed E-state index contributed by atoms with van der Waals surface area (Å²) < 4.78 is 0. The highest BCUT2D eigenvalue weighted by molar-refractivity contribution is 6.30. The van der Waals surface area contributed by atoms with Gasteiger partial charge < -0.3 is 5.32 Å². The van der Waals surface area contributed by atoms with Gasteiger partial charge >= 0.3 is 0 Å². The summed E-state index contributed by atoms with van der Waals surface area (Å²) in [5.74, 6) is -0.178. The van der Waals surface area contributed by atoms with Crippen LogP contribution in [0.3, 0.4) is 0 Å². The minimum atomic E-state index is -0.178. The fourth-order valence-corrected chi connectivity index (χ4v) is 1.75. The third-order valence-electron chi connectivity index (χ3n) is 2.47. The topological polar surface area (TPSA) is 67.8 Å². The fraction of sp³-hybridized carbons (Fsp3) is 0.0909. The predicted octanol–water partition coefficient (Wildman–Crippen LogP) is 1.44. The minimum Gasteiger partial charge on any atom is -0.345 e. The first-order chi connectivity index (χ1) is 8.24. The summed E-state index contributed by atoms with van der Waals surface area (Å²) in [5.41, 5.74) is 2.37. The summed E-state index contributed by atoms with van der Waals surface area (Å²) in [6.07, 6.45) is 3.09. The Labute approximate surface area is 102 Å². The van der Waals surface area contributed by atoms with Crippen molar-refractivity contribution in [2.24, 2.45) is 0 Å². The van der Waals surface area contributed by atoms with E-state index in [-0.39, 0.29) is 5.91 Å². The summed E-state index contributed by atoms with van der Waals surface area (Å²) in [6, 6.07) is 3.51. The number of hydrogen-bond acceptors (Lipinski definition) is 4. The van der Waals surface area contributed by atoms with Crippen LogP contribution in [0.5, 0.6) is 0 Å². The molecule has 1 aliphatic heterocycles. The number of halogens is 1. The van der Waals surface area contributed by atoms with Crippen LogP contribution in [0, 0.1) is 0 Å². The molecule has 2 aromatic rings. The van der Waals surface area contributed by atoms with Crippen molar-refractivity contribution in [2.45, 2.75) is 6.54 Å². The van der Waals surface area contributed by atoms with E-state index in [4.69, 9.17) is 11.6 Å². The highest BCUT2D eigenvalue weighted by Crippen LogP contribution is 2.18. The lowest BCUT2D eigenvalue weighted by atomic mass is 10.2. The standard InChI is InChI=1S/C11H7ClN4O/c12-6-1-2-7(13-3-6)8-4-14-10-9(16-8)5-15-11(10)17/h1-4H,5H2,(H,15,17). The molecule has 0 bridgehead atoms. The third-order valence-corrected chi connectivity index (χ3v) is 2.69. The highest BCUT2D eigenvalue weighted by atomic mass is 35.5. The van der Waals surface area contributed by atoms with Gasteiger partial charge in [0.2, 0.25) is 0 Å². The summed E-state index contributed by atoms with van der Waals surface area (Å²) in [6.45, 7) is 0.419. The van der Waals surface area contributed by atoms with Crippen molar-refractivity contribution in [3.05, 3.63) is 40.9 Å². The number of nitrogens with zero attached hydrogens (tertiary/aromatic N) is 3. The van der Waals surface area contributed by atoms with Crippen molar-refractivity contribution >= 4 is 17.5 Å². The van der Waals surface area contributed by atoms with Gasteiger partial charge in [-0.25, -0.2) is 9.97 Å². The Balaban J connectivity index is 2.05. The van der Waals surface area contributed by atoms with Gasteiger partial charge in [-0.3, -0.25) is 9.78 Å². The Bertz CT molecular complexity index is 597. The van der Waals surface area contributed by atoms with Crippen molar-refractivity contribution < 1.29 is 4.79 Å². The molecular weight excluding hydrogens is 240 g/mol. The molecule has 6 heteroatoms. The molecule has 3 heterocycles. The van der Waals surface area contributed by atoms with E-state index in [1.54, 1.807) is 24.5 Å². The van der Waals surface area contributed by atoms with Crippen molar-refractivity contribution in [1.29, 1.82) is 0 Å². The first-order valence-electron chi connectivity index (χ1n) is 5.00. The number of aromatic nitrogens is 3. The summed E-state index contributed by atoms with van der Waals surface area (Å²) >= 11 is 5.76. The Morgan fingerprint density at radius 3 is 2.82 bits per heavy atom. The molecule has 0 aliphatic carbocycles. The lowest BCUT2D eigenvalue weighted by molar-refractivity contribution is 0.0961. The molecule has 2 aromatic heterocycles. The van der Waals surface area contributed by atoms with E-state index in [9.17, 15) is 4.79 Å². The highest BCUT2D eigenvalue weighted by Gasteiger charge is 2.22. The van der Waals surface area contributed by atoms with Crippen LogP contribution >= 0.6 is 11.6 Å². The van der Waals surface area contributed by atoms with Crippen LogP contribution in [0.4, 0.5) is 0 Å². The van der Waals surface area contributed by atoms with E-state index in [1.165, 1.54) is 0 Å². The molecule has 0 saturated carbocycles. The van der Waals surface area contributed by atoms with Gasteiger partial charge in [-0.15, -0.1) is 0 Å². The van der Waals surface area contributed by atoms with Crippen LogP contribution < -0.4 is 5.32 Å². The maximum absolute atomic E-state index is 11.3. The van der Waals surface area contributed by atoms with Crippen LogP contribution in [0.1, 0.15) is 16.2 Å². The van der Waals surface area contributed by atoms with E-state index < -0.39 is 0 Å². The molecule has 17 heavy (non-hydrogen) atoms. The van der Waals surface area contributed by atoms with E-state index >= 15 is 0 Å². The largest absolute Gasteiger partial charge is 0.345 e. The summed E-state index contributed by atoms with van der Waals surface area (Å²) in [5, 5.41) is 3.24. The molecule has 0 fully saturated rings. The molecule has 1 amide bonds. The third kappa shape index (κ3) is 1.74. The summed E-state index contributed by atoms with van der Waals surface area (Å²) in [4.78, 5) is 23.9. The second-order valence-electron chi connectivity index (χ2n) is 3.59. The van der Waals surface area contributed by atoms with Gasteiger partial charge in [0.1, 0.15) is 5.69 Å². The summed E-state index contributed by atoms with van der Waals surface area (Å²) in [7, 11) is 0.